The van der Waals surface area contributed by atoms with Gasteiger partial charge in [0.25, 0.3) is 0 Å². The molecule has 0 spiro atoms. The predicted octanol–water partition coefficient (Wildman–Crippen LogP) is 23.1. The highest BCUT2D eigenvalue weighted by Gasteiger charge is 2.30. The molecule has 0 fully saturated rings. The lowest BCUT2D eigenvalue weighted by atomic mass is 9.99. The molecular formula is C78H152O17P2. The fraction of sp³-hybridized carbons (Fsp3) is 0.949. The number of esters is 4. The third-order valence-electron chi connectivity index (χ3n) is 18.6. The normalized spacial score (nSPS) is 14.2. The summed E-state index contributed by atoms with van der Waals surface area (Å²) in [5, 5.41) is 10.6. The van der Waals surface area contributed by atoms with Crippen molar-refractivity contribution in [2.45, 2.75) is 426 Å². The molecule has 6 atom stereocenters. The van der Waals surface area contributed by atoms with Gasteiger partial charge in [-0.25, -0.2) is 9.13 Å². The van der Waals surface area contributed by atoms with E-state index in [0.29, 0.717) is 25.7 Å². The van der Waals surface area contributed by atoms with Crippen LogP contribution in [0.5, 0.6) is 0 Å². The summed E-state index contributed by atoms with van der Waals surface area (Å²) in [6.07, 6.45) is 58.9. The first kappa shape index (κ1) is 95.1. The minimum Gasteiger partial charge on any atom is -0.462 e. The van der Waals surface area contributed by atoms with E-state index in [4.69, 9.17) is 37.0 Å². The maximum Gasteiger partial charge on any atom is 0.472 e. The summed E-state index contributed by atoms with van der Waals surface area (Å²) >= 11 is 0. The first-order valence-electron chi connectivity index (χ1n) is 40.5. The number of hydrogen-bond donors (Lipinski definition) is 3. The number of carbonyl (C=O) groups is 4. The minimum atomic E-state index is -4.96. The topological polar surface area (TPSA) is 237 Å². The highest BCUT2D eigenvalue weighted by Crippen LogP contribution is 2.45. The summed E-state index contributed by atoms with van der Waals surface area (Å²) in [5.41, 5.74) is 0. The van der Waals surface area contributed by atoms with Crippen LogP contribution < -0.4 is 0 Å². The van der Waals surface area contributed by atoms with Gasteiger partial charge >= 0.3 is 39.5 Å². The van der Waals surface area contributed by atoms with Gasteiger partial charge in [-0.05, 0) is 37.5 Å². The van der Waals surface area contributed by atoms with E-state index >= 15 is 0 Å². The van der Waals surface area contributed by atoms with Crippen LogP contribution in [0.1, 0.15) is 408 Å². The Kier molecular flexibility index (Phi) is 68.4. The lowest BCUT2D eigenvalue weighted by molar-refractivity contribution is -0.161. The molecule has 0 radical (unpaired) electrons. The molecule has 576 valence electrons. The minimum absolute atomic E-state index is 0.104. The van der Waals surface area contributed by atoms with Crippen LogP contribution in [0.15, 0.2) is 0 Å². The van der Waals surface area contributed by atoms with Gasteiger partial charge in [0, 0.05) is 25.7 Å². The molecule has 0 aromatic heterocycles. The molecule has 0 aliphatic carbocycles. The van der Waals surface area contributed by atoms with Gasteiger partial charge in [0.15, 0.2) is 12.2 Å². The second-order valence-corrected chi connectivity index (χ2v) is 31.7. The molecule has 3 N–H and O–H groups in total. The van der Waals surface area contributed by atoms with E-state index in [1.807, 2.05) is 0 Å². The Morgan fingerprint density at radius 3 is 0.784 bits per heavy atom. The number of rotatable bonds is 77. The second kappa shape index (κ2) is 69.8. The third kappa shape index (κ3) is 70.9. The summed E-state index contributed by atoms with van der Waals surface area (Å²) in [5.74, 6) is -0.551. The molecule has 0 amide bonds. The molecule has 17 nitrogen and oxygen atoms in total. The van der Waals surface area contributed by atoms with E-state index in [2.05, 4.69) is 41.5 Å². The Balaban J connectivity index is 5.11. The molecule has 3 unspecified atom stereocenters. The van der Waals surface area contributed by atoms with Crippen molar-refractivity contribution in [3.8, 4) is 0 Å². The molecule has 0 aliphatic heterocycles. The summed E-state index contributed by atoms with van der Waals surface area (Å²) in [6.45, 7) is 9.53. The molecule has 0 aliphatic rings. The summed E-state index contributed by atoms with van der Waals surface area (Å²) < 4.78 is 68.3. The van der Waals surface area contributed by atoms with Crippen molar-refractivity contribution >= 4 is 39.5 Å². The zero-order chi connectivity index (χ0) is 71.4. The number of ether oxygens (including phenoxy) is 4. The number of phosphoric acid groups is 2. The number of aliphatic hydroxyl groups is 1. The number of carbonyl (C=O) groups excluding carboxylic acids is 4. The van der Waals surface area contributed by atoms with Gasteiger partial charge in [-0.1, -0.05) is 356 Å². The van der Waals surface area contributed by atoms with Gasteiger partial charge < -0.3 is 33.8 Å². The summed E-state index contributed by atoms with van der Waals surface area (Å²) in [6, 6.07) is 0. The van der Waals surface area contributed by atoms with Crippen LogP contribution in [-0.2, 0) is 65.4 Å². The van der Waals surface area contributed by atoms with Crippen molar-refractivity contribution in [2.75, 3.05) is 39.6 Å². The van der Waals surface area contributed by atoms with Crippen molar-refractivity contribution < 1.29 is 80.2 Å². The van der Waals surface area contributed by atoms with Gasteiger partial charge in [0.1, 0.15) is 19.3 Å². The zero-order valence-corrected chi connectivity index (χ0v) is 65.2. The van der Waals surface area contributed by atoms with E-state index in [1.54, 1.807) is 0 Å². The van der Waals surface area contributed by atoms with Crippen LogP contribution in [0.4, 0.5) is 0 Å². The molecule has 19 heteroatoms. The molecule has 0 bridgehead atoms. The smallest absolute Gasteiger partial charge is 0.462 e. The standard InChI is InChI=1S/C78H152O17P2/c1-7-10-12-14-15-16-17-18-19-20-21-22-23-24-25-28-32-35-38-44-50-56-62-77(82)95-74(67-89-76(81)61-55-49-43-37-34-31-29-26-27-30-33-36-41-47-52-58-70(4)5)69-93-97(86,87)91-65-72(79)64-90-96(84,85)92-68-73(66-88-75(80)60-54-46-13-11-8-2)94-78(83)63-57-51-45-40-39-42-48-53-59-71(6)9-3/h70-74,79H,7-69H2,1-6H3,(H,84,85)(H,86,87)/t71?,72-,73+,74+/m0/s1. The largest absolute Gasteiger partial charge is 0.472 e. The highest BCUT2D eigenvalue weighted by atomic mass is 31.2. The predicted molar refractivity (Wildman–Crippen MR) is 395 cm³/mol. The average Bonchev–Trinajstić information content (AvgIpc) is 1.47. The number of phosphoric ester groups is 2. The highest BCUT2D eigenvalue weighted by molar-refractivity contribution is 7.47. The fourth-order valence-electron chi connectivity index (χ4n) is 12.0. The van der Waals surface area contributed by atoms with Crippen molar-refractivity contribution in [3.05, 3.63) is 0 Å². The van der Waals surface area contributed by atoms with Crippen LogP contribution in [0.25, 0.3) is 0 Å². The number of unbranched alkanes of at least 4 members (excludes halogenated alkanes) is 46. The van der Waals surface area contributed by atoms with Crippen LogP contribution in [0, 0.1) is 11.8 Å². The quantitative estimate of drug-likeness (QED) is 0.0222. The first-order chi connectivity index (χ1) is 46.9. The Hall–Kier alpha value is -1.94. The van der Waals surface area contributed by atoms with Gasteiger partial charge in [0.05, 0.1) is 26.4 Å². The van der Waals surface area contributed by atoms with E-state index in [9.17, 15) is 43.2 Å². The number of aliphatic hydroxyl groups excluding tert-OH is 1. The van der Waals surface area contributed by atoms with Crippen molar-refractivity contribution in [1.82, 2.24) is 0 Å². The molecule has 0 saturated heterocycles. The Labute approximate surface area is 594 Å². The van der Waals surface area contributed by atoms with Gasteiger partial charge in [-0.3, -0.25) is 37.3 Å². The molecule has 0 aromatic carbocycles. The van der Waals surface area contributed by atoms with Gasteiger partial charge in [0.2, 0.25) is 0 Å². The number of hydrogen-bond acceptors (Lipinski definition) is 15. The molecule has 97 heavy (non-hydrogen) atoms. The third-order valence-corrected chi connectivity index (χ3v) is 20.5. The van der Waals surface area contributed by atoms with Crippen LogP contribution >= 0.6 is 15.6 Å². The van der Waals surface area contributed by atoms with E-state index in [1.165, 1.54) is 218 Å². The lowest BCUT2D eigenvalue weighted by Crippen LogP contribution is -2.30. The maximum absolute atomic E-state index is 13.1. The Morgan fingerprint density at radius 2 is 0.526 bits per heavy atom. The SMILES string of the molecule is CCCCCCCCCCCCCCCCCCCCCCCCC(=O)O[C@H](COC(=O)CCCCCCCCCCCCCCCCCC(C)C)COP(=O)(O)OC[C@@H](O)COP(=O)(O)OC[C@@H](COC(=O)CCCCCCC)OC(=O)CCCCCCCCCCC(C)CC. The molecule has 0 aromatic rings. The molecular weight excluding hydrogens is 1270 g/mol. The Bertz CT molecular complexity index is 1870. The van der Waals surface area contributed by atoms with Gasteiger partial charge in [-0.2, -0.15) is 0 Å². The summed E-state index contributed by atoms with van der Waals surface area (Å²) in [7, 11) is -9.90. The van der Waals surface area contributed by atoms with Crippen LogP contribution in [0.3, 0.4) is 0 Å². The Morgan fingerprint density at radius 1 is 0.299 bits per heavy atom. The lowest BCUT2D eigenvalue weighted by Gasteiger charge is -2.21. The zero-order valence-electron chi connectivity index (χ0n) is 63.4. The van der Waals surface area contributed by atoms with E-state index in [-0.39, 0.29) is 25.7 Å². The van der Waals surface area contributed by atoms with Gasteiger partial charge in [-0.15, -0.1) is 0 Å². The van der Waals surface area contributed by atoms with Crippen molar-refractivity contribution in [3.63, 3.8) is 0 Å². The second-order valence-electron chi connectivity index (χ2n) is 28.8. The molecule has 0 saturated carbocycles. The van der Waals surface area contributed by atoms with Crippen molar-refractivity contribution in [2.24, 2.45) is 11.8 Å². The average molecular weight is 1420 g/mol. The monoisotopic (exact) mass is 1420 g/mol. The van der Waals surface area contributed by atoms with E-state index in [0.717, 1.165) is 108 Å². The fourth-order valence-corrected chi connectivity index (χ4v) is 13.6. The summed E-state index contributed by atoms with van der Waals surface area (Å²) in [4.78, 5) is 72.6. The van der Waals surface area contributed by atoms with E-state index < -0.39 is 97.5 Å². The molecule has 0 rings (SSSR count). The maximum atomic E-state index is 13.1. The van der Waals surface area contributed by atoms with Crippen LogP contribution in [0.2, 0.25) is 0 Å². The molecule has 0 heterocycles. The van der Waals surface area contributed by atoms with Crippen LogP contribution in [-0.4, -0.2) is 96.7 Å². The van der Waals surface area contributed by atoms with Crippen molar-refractivity contribution in [1.29, 1.82) is 0 Å². The first-order valence-corrected chi connectivity index (χ1v) is 43.5.